The molecule has 5 nitrogen and oxygen atoms in total. The minimum Gasteiger partial charge on any atom is -0.497 e. The number of fused-ring (bicyclic) bond motifs is 1. The molecule has 126 valence electrons. The van der Waals surface area contributed by atoms with Gasteiger partial charge in [-0.15, -0.1) is 0 Å². The van der Waals surface area contributed by atoms with E-state index < -0.39 is 0 Å². The minimum atomic E-state index is 0.218. The van der Waals surface area contributed by atoms with Crippen LogP contribution in [0.5, 0.6) is 11.5 Å². The summed E-state index contributed by atoms with van der Waals surface area (Å²) in [5.41, 5.74) is 10.7. The number of methoxy groups -OCH3 is 1. The van der Waals surface area contributed by atoms with Gasteiger partial charge in [0.1, 0.15) is 17.6 Å². The van der Waals surface area contributed by atoms with Gasteiger partial charge < -0.3 is 15.2 Å². The zero-order chi connectivity index (χ0) is 17.4. The van der Waals surface area contributed by atoms with E-state index in [1.807, 2.05) is 42.5 Å². The predicted molar refractivity (Wildman–Crippen MR) is 97.7 cm³/mol. The number of hydrogen-bond donors (Lipinski definition) is 1. The maximum atomic E-state index is 5.95. The van der Waals surface area contributed by atoms with Crippen LogP contribution in [-0.2, 0) is 6.42 Å². The molecule has 25 heavy (non-hydrogen) atoms. The highest BCUT2D eigenvalue weighted by molar-refractivity contribution is 5.70. The average Bonchev–Trinajstić information content (AvgIpc) is 3.00. The molecule has 0 aliphatic carbocycles. The largest absolute Gasteiger partial charge is 0.497 e. The molecule has 0 bridgehead atoms. The minimum absolute atomic E-state index is 0.218. The lowest BCUT2D eigenvalue weighted by Crippen LogP contribution is -2.05. The van der Waals surface area contributed by atoms with Gasteiger partial charge in [-0.25, -0.2) is 9.97 Å². The number of rotatable bonds is 3. The van der Waals surface area contributed by atoms with Crippen LogP contribution in [0, 0.1) is 0 Å². The normalized spacial score (nSPS) is 15.5. The molecule has 1 unspecified atom stereocenters. The van der Waals surface area contributed by atoms with Gasteiger partial charge in [0, 0.05) is 17.5 Å². The quantitative estimate of drug-likeness (QED) is 0.791. The van der Waals surface area contributed by atoms with Gasteiger partial charge in [0.15, 0.2) is 0 Å². The molecule has 1 aliphatic heterocycles. The zero-order valence-corrected chi connectivity index (χ0v) is 14.2. The molecular weight excluding hydrogens is 314 g/mol. The van der Waals surface area contributed by atoms with Crippen molar-refractivity contribution in [2.24, 2.45) is 0 Å². The summed E-state index contributed by atoms with van der Waals surface area (Å²) < 4.78 is 11.0. The summed E-state index contributed by atoms with van der Waals surface area (Å²) in [7, 11) is 1.65. The van der Waals surface area contributed by atoms with E-state index in [1.54, 1.807) is 7.11 Å². The van der Waals surface area contributed by atoms with E-state index in [9.17, 15) is 0 Å². The molecule has 0 amide bonds. The van der Waals surface area contributed by atoms with Crippen molar-refractivity contribution in [3.63, 3.8) is 0 Å². The molecule has 0 saturated carbocycles. The Morgan fingerprint density at radius 3 is 2.40 bits per heavy atom. The number of aromatic nitrogens is 2. The van der Waals surface area contributed by atoms with Gasteiger partial charge in [-0.3, -0.25) is 0 Å². The monoisotopic (exact) mass is 333 g/mol. The lowest BCUT2D eigenvalue weighted by molar-refractivity contribution is 0.254. The number of anilines is 1. The van der Waals surface area contributed by atoms with Crippen LogP contribution in [0.1, 0.15) is 12.5 Å². The second kappa shape index (κ2) is 6.09. The van der Waals surface area contributed by atoms with Gasteiger partial charge in [-0.2, -0.15) is 0 Å². The topological polar surface area (TPSA) is 70.3 Å². The number of nitrogens with zero attached hydrogens (tertiary/aromatic N) is 2. The van der Waals surface area contributed by atoms with Crippen molar-refractivity contribution in [3.8, 4) is 34.0 Å². The molecule has 0 fully saturated rings. The van der Waals surface area contributed by atoms with Crippen molar-refractivity contribution in [1.82, 2.24) is 9.97 Å². The number of nitrogens with two attached hydrogens (primary N) is 1. The molecule has 2 heterocycles. The number of ether oxygens (including phenoxy) is 2. The van der Waals surface area contributed by atoms with Crippen LogP contribution in [0.3, 0.4) is 0 Å². The molecule has 0 radical (unpaired) electrons. The van der Waals surface area contributed by atoms with Crippen molar-refractivity contribution in [1.29, 1.82) is 0 Å². The first-order valence-electron chi connectivity index (χ1n) is 8.21. The van der Waals surface area contributed by atoms with Crippen molar-refractivity contribution in [3.05, 3.63) is 54.1 Å². The fourth-order valence-corrected chi connectivity index (χ4v) is 3.10. The first kappa shape index (κ1) is 15.4. The number of benzene rings is 2. The van der Waals surface area contributed by atoms with E-state index in [1.165, 1.54) is 5.56 Å². The van der Waals surface area contributed by atoms with E-state index in [-0.39, 0.29) is 12.1 Å². The van der Waals surface area contributed by atoms with E-state index in [0.717, 1.165) is 40.4 Å². The standard InChI is InChI=1S/C20H19N3O2/c1-12-9-15-10-14(5-8-19(15)25-12)18-11-17(22-20(21)23-18)13-3-6-16(24-2)7-4-13/h3-8,10-12H,9H2,1-2H3,(H2,21,22,23). The van der Waals surface area contributed by atoms with Gasteiger partial charge >= 0.3 is 0 Å². The van der Waals surface area contributed by atoms with Gasteiger partial charge in [0.2, 0.25) is 5.95 Å². The van der Waals surface area contributed by atoms with Gasteiger partial charge in [-0.1, -0.05) is 0 Å². The third-order valence-corrected chi connectivity index (χ3v) is 4.32. The summed E-state index contributed by atoms with van der Waals surface area (Å²) in [5, 5.41) is 0. The SMILES string of the molecule is COc1ccc(-c2cc(-c3ccc4c(c3)CC(C)O4)nc(N)n2)cc1. The fraction of sp³-hybridized carbons (Fsp3) is 0.200. The van der Waals surface area contributed by atoms with E-state index in [0.29, 0.717) is 0 Å². The van der Waals surface area contributed by atoms with E-state index in [4.69, 9.17) is 15.2 Å². The molecule has 3 aromatic rings. The van der Waals surface area contributed by atoms with Gasteiger partial charge in [-0.05, 0) is 61.0 Å². The Morgan fingerprint density at radius 2 is 1.68 bits per heavy atom. The van der Waals surface area contributed by atoms with Gasteiger partial charge in [0.25, 0.3) is 0 Å². The van der Waals surface area contributed by atoms with Crippen molar-refractivity contribution >= 4 is 5.95 Å². The summed E-state index contributed by atoms with van der Waals surface area (Å²) in [5.74, 6) is 2.01. The lowest BCUT2D eigenvalue weighted by Gasteiger charge is -2.08. The highest BCUT2D eigenvalue weighted by Crippen LogP contribution is 2.33. The van der Waals surface area contributed by atoms with Crippen LogP contribution in [0.4, 0.5) is 5.95 Å². The molecule has 0 saturated heterocycles. The maximum absolute atomic E-state index is 5.95. The molecule has 2 N–H and O–H groups in total. The Kier molecular flexibility index (Phi) is 3.76. The summed E-state index contributed by atoms with van der Waals surface area (Å²) in [6.45, 7) is 2.07. The Balaban J connectivity index is 1.74. The number of nitrogen functional groups attached to an aromatic ring is 1. The fourth-order valence-electron chi connectivity index (χ4n) is 3.10. The van der Waals surface area contributed by atoms with Crippen molar-refractivity contribution in [2.75, 3.05) is 12.8 Å². The predicted octanol–water partition coefficient (Wildman–Crippen LogP) is 3.72. The molecule has 1 aliphatic rings. The molecular formula is C20H19N3O2. The number of hydrogen-bond acceptors (Lipinski definition) is 5. The van der Waals surface area contributed by atoms with E-state index in [2.05, 4.69) is 23.0 Å². The van der Waals surface area contributed by atoms with E-state index >= 15 is 0 Å². The summed E-state index contributed by atoms with van der Waals surface area (Å²) >= 11 is 0. The highest BCUT2D eigenvalue weighted by Gasteiger charge is 2.19. The molecule has 2 aromatic carbocycles. The average molecular weight is 333 g/mol. The smallest absolute Gasteiger partial charge is 0.221 e. The molecule has 1 atom stereocenters. The lowest BCUT2D eigenvalue weighted by atomic mass is 10.0. The Hall–Kier alpha value is -3.08. The summed E-state index contributed by atoms with van der Waals surface area (Å²) in [6.07, 6.45) is 1.13. The Labute approximate surface area is 146 Å². The zero-order valence-electron chi connectivity index (χ0n) is 14.2. The van der Waals surface area contributed by atoms with Crippen LogP contribution in [-0.4, -0.2) is 23.2 Å². The third kappa shape index (κ3) is 3.01. The first-order chi connectivity index (χ1) is 12.1. The second-order valence-electron chi connectivity index (χ2n) is 6.18. The highest BCUT2D eigenvalue weighted by atomic mass is 16.5. The van der Waals surface area contributed by atoms with Gasteiger partial charge in [0.05, 0.1) is 18.5 Å². The Bertz CT molecular complexity index is 923. The van der Waals surface area contributed by atoms with Crippen molar-refractivity contribution < 1.29 is 9.47 Å². The maximum Gasteiger partial charge on any atom is 0.221 e. The Morgan fingerprint density at radius 1 is 1.00 bits per heavy atom. The van der Waals surface area contributed by atoms with Crippen LogP contribution in [0.25, 0.3) is 22.5 Å². The van der Waals surface area contributed by atoms with Crippen LogP contribution in [0.15, 0.2) is 48.5 Å². The van der Waals surface area contributed by atoms with Crippen molar-refractivity contribution in [2.45, 2.75) is 19.4 Å². The molecule has 5 heteroatoms. The molecule has 0 spiro atoms. The third-order valence-electron chi connectivity index (χ3n) is 4.32. The molecule has 4 rings (SSSR count). The summed E-state index contributed by atoms with van der Waals surface area (Å²) in [4.78, 5) is 8.78. The molecule has 1 aromatic heterocycles. The first-order valence-corrected chi connectivity index (χ1v) is 8.21. The summed E-state index contributed by atoms with van der Waals surface area (Å²) in [6, 6.07) is 15.8. The van der Waals surface area contributed by atoms with Crippen LogP contribution >= 0.6 is 0 Å². The van der Waals surface area contributed by atoms with Crippen LogP contribution in [0.2, 0.25) is 0 Å². The van der Waals surface area contributed by atoms with Crippen LogP contribution < -0.4 is 15.2 Å². The second-order valence-corrected chi connectivity index (χ2v) is 6.18.